The molecule has 0 aromatic heterocycles. The van der Waals surface area contributed by atoms with Crippen molar-refractivity contribution in [3.05, 3.63) is 29.8 Å². The maximum atomic E-state index is 12.1. The third-order valence-electron chi connectivity index (χ3n) is 3.77. The summed E-state index contributed by atoms with van der Waals surface area (Å²) in [5.41, 5.74) is 0.798. The van der Waals surface area contributed by atoms with E-state index in [1.54, 1.807) is 25.1 Å². The van der Waals surface area contributed by atoms with Crippen molar-refractivity contribution in [1.29, 1.82) is 0 Å². The Hall–Kier alpha value is -2.37. The number of amides is 2. The fraction of sp³-hybridized carbons (Fsp3) is 0.471. The second-order valence-corrected chi connectivity index (χ2v) is 5.80. The Morgan fingerprint density at radius 2 is 1.91 bits per heavy atom. The van der Waals surface area contributed by atoms with E-state index in [9.17, 15) is 14.4 Å². The Balaban J connectivity index is 1.92. The summed E-state index contributed by atoms with van der Waals surface area (Å²) >= 11 is 0. The number of carbonyl (C=O) groups excluding carboxylic acids is 3. The number of hydrogen-bond acceptors (Lipinski definition) is 4. The first-order valence-corrected chi connectivity index (χ1v) is 7.84. The Labute approximate surface area is 135 Å². The minimum absolute atomic E-state index is 0.187. The van der Waals surface area contributed by atoms with Gasteiger partial charge in [-0.05, 0) is 38.0 Å². The molecule has 124 valence electrons. The van der Waals surface area contributed by atoms with Crippen LogP contribution in [0.25, 0.3) is 0 Å². The van der Waals surface area contributed by atoms with E-state index < -0.39 is 12.1 Å². The highest BCUT2D eigenvalue weighted by molar-refractivity contribution is 5.95. The van der Waals surface area contributed by atoms with Crippen LogP contribution in [0.4, 0.5) is 5.69 Å². The van der Waals surface area contributed by atoms with Crippen molar-refractivity contribution >= 4 is 23.5 Å². The molecule has 0 radical (unpaired) electrons. The Kier molecular flexibility index (Phi) is 5.73. The van der Waals surface area contributed by atoms with Crippen LogP contribution in [-0.2, 0) is 14.3 Å². The van der Waals surface area contributed by atoms with Crippen LogP contribution in [-0.4, -0.2) is 29.9 Å². The third-order valence-corrected chi connectivity index (χ3v) is 3.77. The van der Waals surface area contributed by atoms with E-state index in [2.05, 4.69) is 10.6 Å². The van der Waals surface area contributed by atoms with Crippen LogP contribution < -0.4 is 10.6 Å². The molecular weight excluding hydrogens is 296 g/mol. The highest BCUT2D eigenvalue weighted by atomic mass is 16.5. The smallest absolute Gasteiger partial charge is 0.338 e. The molecule has 2 rings (SSSR count). The van der Waals surface area contributed by atoms with Gasteiger partial charge < -0.3 is 15.4 Å². The van der Waals surface area contributed by atoms with E-state index in [0.717, 1.165) is 25.7 Å². The van der Waals surface area contributed by atoms with Crippen molar-refractivity contribution in [3.63, 3.8) is 0 Å². The fourth-order valence-electron chi connectivity index (χ4n) is 2.60. The minimum Gasteiger partial charge on any atom is -0.449 e. The van der Waals surface area contributed by atoms with Crippen molar-refractivity contribution in [1.82, 2.24) is 5.32 Å². The van der Waals surface area contributed by atoms with Crippen molar-refractivity contribution < 1.29 is 19.1 Å². The highest BCUT2D eigenvalue weighted by Gasteiger charge is 2.23. The summed E-state index contributed by atoms with van der Waals surface area (Å²) in [5, 5.41) is 5.50. The zero-order valence-corrected chi connectivity index (χ0v) is 13.4. The molecule has 1 aromatic rings. The molecule has 1 aliphatic rings. The van der Waals surface area contributed by atoms with Gasteiger partial charge >= 0.3 is 5.97 Å². The number of benzene rings is 1. The molecule has 1 fully saturated rings. The lowest BCUT2D eigenvalue weighted by atomic mass is 10.2. The molecule has 1 atom stereocenters. The summed E-state index contributed by atoms with van der Waals surface area (Å²) < 4.78 is 5.20. The highest BCUT2D eigenvalue weighted by Crippen LogP contribution is 2.18. The summed E-state index contributed by atoms with van der Waals surface area (Å²) in [6.07, 6.45) is 3.34. The predicted molar refractivity (Wildman–Crippen MR) is 86.0 cm³/mol. The molecule has 0 bridgehead atoms. The van der Waals surface area contributed by atoms with Gasteiger partial charge in [-0.25, -0.2) is 4.79 Å². The predicted octanol–water partition coefficient (Wildman–Crippen LogP) is 2.25. The molecular formula is C17H22N2O4. The normalized spacial score (nSPS) is 15.7. The number of rotatable bonds is 5. The Bertz CT molecular complexity index is 594. The zero-order chi connectivity index (χ0) is 16.8. The molecule has 1 aromatic carbocycles. The summed E-state index contributed by atoms with van der Waals surface area (Å²) in [7, 11) is 0. The molecule has 0 heterocycles. The van der Waals surface area contributed by atoms with Crippen LogP contribution in [0.5, 0.6) is 0 Å². The lowest BCUT2D eigenvalue weighted by Gasteiger charge is -2.17. The van der Waals surface area contributed by atoms with E-state index in [1.165, 1.54) is 13.0 Å². The van der Waals surface area contributed by atoms with Crippen LogP contribution in [0, 0.1) is 0 Å². The molecule has 1 aliphatic carbocycles. The van der Waals surface area contributed by atoms with Gasteiger partial charge in [-0.1, -0.05) is 18.9 Å². The molecule has 0 saturated heterocycles. The van der Waals surface area contributed by atoms with Crippen LogP contribution in [0.1, 0.15) is 49.9 Å². The summed E-state index contributed by atoms with van der Waals surface area (Å²) in [5.74, 6) is -1.09. The number of anilines is 1. The van der Waals surface area contributed by atoms with E-state index in [-0.39, 0.29) is 23.4 Å². The van der Waals surface area contributed by atoms with Gasteiger partial charge in [-0.2, -0.15) is 0 Å². The minimum atomic E-state index is -0.854. The van der Waals surface area contributed by atoms with Crippen molar-refractivity contribution in [2.75, 3.05) is 5.32 Å². The molecule has 6 nitrogen and oxygen atoms in total. The second-order valence-electron chi connectivity index (χ2n) is 5.80. The molecule has 0 spiro atoms. The van der Waals surface area contributed by atoms with Gasteiger partial charge in [0, 0.05) is 18.7 Å². The summed E-state index contributed by atoms with van der Waals surface area (Å²) in [6.45, 7) is 2.94. The summed E-state index contributed by atoms with van der Waals surface area (Å²) in [4.78, 5) is 35.2. The number of hydrogen-bond donors (Lipinski definition) is 2. The average molecular weight is 318 g/mol. The van der Waals surface area contributed by atoms with E-state index in [0.29, 0.717) is 5.69 Å². The van der Waals surface area contributed by atoms with Crippen LogP contribution in [0.3, 0.4) is 0 Å². The quantitative estimate of drug-likeness (QED) is 0.816. The van der Waals surface area contributed by atoms with Gasteiger partial charge in [0.15, 0.2) is 6.10 Å². The van der Waals surface area contributed by atoms with E-state index in [4.69, 9.17) is 4.74 Å². The van der Waals surface area contributed by atoms with Crippen molar-refractivity contribution in [2.45, 2.75) is 51.7 Å². The Morgan fingerprint density at radius 1 is 1.22 bits per heavy atom. The fourth-order valence-corrected chi connectivity index (χ4v) is 2.60. The lowest BCUT2D eigenvalue weighted by Crippen LogP contribution is -2.40. The number of carbonyl (C=O) groups is 3. The van der Waals surface area contributed by atoms with Crippen LogP contribution in [0.15, 0.2) is 24.3 Å². The van der Waals surface area contributed by atoms with Gasteiger partial charge in [-0.15, -0.1) is 0 Å². The van der Waals surface area contributed by atoms with E-state index in [1.807, 2.05) is 0 Å². The van der Waals surface area contributed by atoms with Gasteiger partial charge in [0.2, 0.25) is 5.91 Å². The van der Waals surface area contributed by atoms with Crippen LogP contribution in [0.2, 0.25) is 0 Å². The van der Waals surface area contributed by atoms with Gasteiger partial charge in [0.25, 0.3) is 5.91 Å². The molecule has 0 aliphatic heterocycles. The van der Waals surface area contributed by atoms with Crippen molar-refractivity contribution in [3.8, 4) is 0 Å². The lowest BCUT2D eigenvalue weighted by molar-refractivity contribution is -0.129. The first kappa shape index (κ1) is 17.0. The first-order chi connectivity index (χ1) is 11.0. The number of nitrogens with one attached hydrogen (secondary N) is 2. The second kappa shape index (κ2) is 7.76. The number of esters is 1. The van der Waals surface area contributed by atoms with Gasteiger partial charge in [-0.3, -0.25) is 9.59 Å². The molecule has 23 heavy (non-hydrogen) atoms. The maximum Gasteiger partial charge on any atom is 0.338 e. The number of ether oxygens (including phenoxy) is 1. The van der Waals surface area contributed by atoms with Crippen LogP contribution >= 0.6 is 0 Å². The Morgan fingerprint density at radius 3 is 2.57 bits per heavy atom. The zero-order valence-electron chi connectivity index (χ0n) is 13.4. The monoisotopic (exact) mass is 318 g/mol. The molecule has 0 unspecified atom stereocenters. The average Bonchev–Trinajstić information content (AvgIpc) is 2.99. The summed E-state index contributed by atoms with van der Waals surface area (Å²) in [6, 6.07) is 6.60. The maximum absolute atomic E-state index is 12.1. The molecule has 1 saturated carbocycles. The first-order valence-electron chi connectivity index (χ1n) is 7.84. The SMILES string of the molecule is CC(=O)Nc1cccc(C(=O)O[C@H](C)C(=O)NC2CCCC2)c1. The molecule has 2 N–H and O–H groups in total. The van der Waals surface area contributed by atoms with Gasteiger partial charge in [0.1, 0.15) is 0 Å². The largest absolute Gasteiger partial charge is 0.449 e. The topological polar surface area (TPSA) is 84.5 Å². The van der Waals surface area contributed by atoms with Gasteiger partial charge in [0.05, 0.1) is 5.56 Å². The standard InChI is InChI=1S/C17H22N2O4/c1-11(16(21)19-14-7-3-4-8-14)23-17(22)13-6-5-9-15(10-13)18-12(2)20/h5-6,9-11,14H,3-4,7-8H2,1-2H3,(H,18,20)(H,19,21)/t11-/m1/s1. The third kappa shape index (κ3) is 5.09. The molecule has 6 heteroatoms. The van der Waals surface area contributed by atoms with E-state index >= 15 is 0 Å². The van der Waals surface area contributed by atoms with Crippen molar-refractivity contribution in [2.24, 2.45) is 0 Å². The molecule has 2 amide bonds.